The number of nitrogens with zero attached hydrogens (tertiary/aromatic N) is 2. The molecule has 0 saturated heterocycles. The molecule has 1 atom stereocenters. The Balaban J connectivity index is 2.25. The van der Waals surface area contributed by atoms with Crippen LogP contribution < -0.4 is 5.32 Å². The van der Waals surface area contributed by atoms with E-state index in [4.69, 9.17) is 4.74 Å². The summed E-state index contributed by atoms with van der Waals surface area (Å²) in [6, 6.07) is 8.00. The van der Waals surface area contributed by atoms with Crippen LogP contribution >= 0.6 is 0 Å². The first-order valence-corrected chi connectivity index (χ1v) is 6.29. The fraction of sp³-hybridized carbons (Fsp3) is 0.429. The third-order valence-electron chi connectivity index (χ3n) is 2.80. The maximum Gasteiger partial charge on any atom is 0.0890 e. The van der Waals surface area contributed by atoms with Gasteiger partial charge in [0.25, 0.3) is 0 Å². The summed E-state index contributed by atoms with van der Waals surface area (Å²) >= 11 is 0. The van der Waals surface area contributed by atoms with E-state index in [1.807, 2.05) is 30.5 Å². The Hall–Kier alpha value is -1.52. The van der Waals surface area contributed by atoms with E-state index in [9.17, 15) is 0 Å². The topological polar surface area (TPSA) is 47.0 Å². The Morgan fingerprint density at radius 3 is 2.78 bits per heavy atom. The molecule has 0 radical (unpaired) electrons. The molecule has 1 aromatic heterocycles. The third-order valence-corrected chi connectivity index (χ3v) is 2.80. The van der Waals surface area contributed by atoms with Crippen LogP contribution in [0.25, 0.3) is 11.0 Å². The molecule has 0 spiro atoms. The van der Waals surface area contributed by atoms with Crippen molar-refractivity contribution in [2.24, 2.45) is 0 Å². The molecular weight excluding hydrogens is 226 g/mol. The highest BCUT2D eigenvalue weighted by molar-refractivity contribution is 5.73. The molecule has 0 aliphatic rings. The first kappa shape index (κ1) is 12.9. The maximum atomic E-state index is 5.24. The molecular formula is C14H19N3O. The first-order valence-electron chi connectivity index (χ1n) is 6.29. The minimum atomic E-state index is 0.104. The van der Waals surface area contributed by atoms with Crippen molar-refractivity contribution in [3.8, 4) is 0 Å². The molecule has 1 N–H and O–H groups in total. The zero-order valence-corrected chi connectivity index (χ0v) is 10.9. The molecule has 2 aromatic rings. The lowest BCUT2D eigenvalue weighted by molar-refractivity contribution is 0.165. The monoisotopic (exact) mass is 245 g/mol. The van der Waals surface area contributed by atoms with E-state index in [0.29, 0.717) is 6.61 Å². The van der Waals surface area contributed by atoms with Gasteiger partial charge >= 0.3 is 0 Å². The molecule has 1 heterocycles. The quantitative estimate of drug-likeness (QED) is 0.848. The van der Waals surface area contributed by atoms with Crippen molar-refractivity contribution in [3.63, 3.8) is 0 Å². The van der Waals surface area contributed by atoms with Gasteiger partial charge in [-0.3, -0.25) is 4.98 Å². The lowest BCUT2D eigenvalue weighted by Crippen LogP contribution is -2.26. The van der Waals surface area contributed by atoms with Gasteiger partial charge in [-0.25, -0.2) is 4.98 Å². The van der Waals surface area contributed by atoms with E-state index in [2.05, 4.69) is 22.2 Å². The predicted octanol–water partition coefficient (Wildman–Crippen LogP) is 2.32. The number of aromatic nitrogens is 2. The molecule has 0 bridgehead atoms. The number of hydrogen-bond acceptors (Lipinski definition) is 4. The van der Waals surface area contributed by atoms with Crippen LogP contribution in [0, 0.1) is 0 Å². The van der Waals surface area contributed by atoms with E-state index in [0.717, 1.165) is 29.7 Å². The third kappa shape index (κ3) is 3.03. The van der Waals surface area contributed by atoms with Gasteiger partial charge in [-0.1, -0.05) is 19.1 Å². The SMILES string of the molecule is CCCNC(COC)c1cnc2ccccc2n1. The van der Waals surface area contributed by atoms with E-state index >= 15 is 0 Å². The molecule has 96 valence electrons. The smallest absolute Gasteiger partial charge is 0.0890 e. The van der Waals surface area contributed by atoms with Gasteiger partial charge in [0.05, 0.1) is 35.6 Å². The highest BCUT2D eigenvalue weighted by Crippen LogP contribution is 2.14. The Labute approximate surface area is 107 Å². The van der Waals surface area contributed by atoms with E-state index in [-0.39, 0.29) is 6.04 Å². The Morgan fingerprint density at radius 1 is 1.28 bits per heavy atom. The molecule has 0 aliphatic heterocycles. The summed E-state index contributed by atoms with van der Waals surface area (Å²) in [5, 5.41) is 3.42. The first-order chi connectivity index (χ1) is 8.85. The van der Waals surface area contributed by atoms with Gasteiger partial charge in [0, 0.05) is 7.11 Å². The zero-order valence-electron chi connectivity index (χ0n) is 10.9. The minimum absolute atomic E-state index is 0.104. The number of ether oxygens (including phenoxy) is 1. The molecule has 18 heavy (non-hydrogen) atoms. The number of rotatable bonds is 6. The number of para-hydroxylation sites is 2. The molecule has 0 saturated carbocycles. The van der Waals surface area contributed by atoms with Crippen molar-refractivity contribution < 1.29 is 4.74 Å². The standard InChI is InChI=1S/C14H19N3O/c1-3-8-15-14(10-18-2)13-9-16-11-6-4-5-7-12(11)17-13/h4-7,9,14-15H,3,8,10H2,1-2H3. The highest BCUT2D eigenvalue weighted by atomic mass is 16.5. The summed E-state index contributed by atoms with van der Waals surface area (Å²) < 4.78 is 5.24. The minimum Gasteiger partial charge on any atom is -0.383 e. The van der Waals surface area contributed by atoms with Crippen LogP contribution in [0.15, 0.2) is 30.5 Å². The van der Waals surface area contributed by atoms with Crippen LogP contribution in [0.4, 0.5) is 0 Å². The summed E-state index contributed by atoms with van der Waals surface area (Å²) in [6.45, 7) is 3.69. The zero-order chi connectivity index (χ0) is 12.8. The van der Waals surface area contributed by atoms with Crippen molar-refractivity contribution in [2.45, 2.75) is 19.4 Å². The molecule has 0 amide bonds. The van der Waals surface area contributed by atoms with Crippen molar-refractivity contribution in [1.29, 1.82) is 0 Å². The Kier molecular flexibility index (Phi) is 4.61. The molecule has 2 rings (SSSR count). The molecule has 1 unspecified atom stereocenters. The number of methoxy groups -OCH3 is 1. The van der Waals surface area contributed by atoms with Crippen LogP contribution in [0.3, 0.4) is 0 Å². The van der Waals surface area contributed by atoms with Crippen LogP contribution in [0.5, 0.6) is 0 Å². The van der Waals surface area contributed by atoms with Gasteiger partial charge in [0.1, 0.15) is 0 Å². The van der Waals surface area contributed by atoms with Gasteiger partial charge in [-0.15, -0.1) is 0 Å². The summed E-state index contributed by atoms with van der Waals surface area (Å²) in [5.41, 5.74) is 2.78. The van der Waals surface area contributed by atoms with Gasteiger partial charge in [-0.2, -0.15) is 0 Å². The van der Waals surface area contributed by atoms with Crippen molar-refractivity contribution in [1.82, 2.24) is 15.3 Å². The number of nitrogens with one attached hydrogen (secondary N) is 1. The fourth-order valence-electron chi connectivity index (χ4n) is 1.87. The molecule has 0 fully saturated rings. The summed E-state index contributed by atoms with van der Waals surface area (Å²) in [5.74, 6) is 0. The second-order valence-electron chi connectivity index (χ2n) is 4.25. The largest absolute Gasteiger partial charge is 0.383 e. The van der Waals surface area contributed by atoms with E-state index < -0.39 is 0 Å². The van der Waals surface area contributed by atoms with Crippen LogP contribution in [-0.4, -0.2) is 30.2 Å². The van der Waals surface area contributed by atoms with Gasteiger partial charge in [0.15, 0.2) is 0 Å². The normalized spacial score (nSPS) is 12.8. The molecule has 0 aliphatic carbocycles. The summed E-state index contributed by atoms with van der Waals surface area (Å²) in [6.07, 6.45) is 2.91. The van der Waals surface area contributed by atoms with Gasteiger partial charge in [-0.05, 0) is 25.1 Å². The molecule has 4 heteroatoms. The number of benzene rings is 1. The Bertz CT molecular complexity index is 501. The van der Waals surface area contributed by atoms with E-state index in [1.165, 1.54) is 0 Å². The lowest BCUT2D eigenvalue weighted by Gasteiger charge is -2.17. The highest BCUT2D eigenvalue weighted by Gasteiger charge is 2.12. The fourth-order valence-corrected chi connectivity index (χ4v) is 1.87. The molecule has 4 nitrogen and oxygen atoms in total. The van der Waals surface area contributed by atoms with Crippen molar-refractivity contribution in [3.05, 3.63) is 36.2 Å². The summed E-state index contributed by atoms with van der Waals surface area (Å²) in [4.78, 5) is 9.08. The van der Waals surface area contributed by atoms with Gasteiger partial charge in [0.2, 0.25) is 0 Å². The van der Waals surface area contributed by atoms with Crippen LogP contribution in [0.2, 0.25) is 0 Å². The van der Waals surface area contributed by atoms with E-state index in [1.54, 1.807) is 7.11 Å². The summed E-state index contributed by atoms with van der Waals surface area (Å²) in [7, 11) is 1.70. The second-order valence-corrected chi connectivity index (χ2v) is 4.25. The van der Waals surface area contributed by atoms with Crippen LogP contribution in [0.1, 0.15) is 25.1 Å². The average molecular weight is 245 g/mol. The van der Waals surface area contributed by atoms with Gasteiger partial charge < -0.3 is 10.1 Å². The number of fused-ring (bicyclic) bond motifs is 1. The predicted molar refractivity (Wildman–Crippen MR) is 72.4 cm³/mol. The second kappa shape index (κ2) is 6.42. The Morgan fingerprint density at radius 2 is 2.06 bits per heavy atom. The van der Waals surface area contributed by atoms with Crippen LogP contribution in [-0.2, 0) is 4.74 Å². The van der Waals surface area contributed by atoms with Crippen molar-refractivity contribution in [2.75, 3.05) is 20.3 Å². The average Bonchev–Trinajstić information content (AvgIpc) is 2.43. The molecule has 1 aromatic carbocycles. The maximum absolute atomic E-state index is 5.24. The number of hydrogen-bond donors (Lipinski definition) is 1. The van der Waals surface area contributed by atoms with Crippen molar-refractivity contribution >= 4 is 11.0 Å². The lowest BCUT2D eigenvalue weighted by atomic mass is 10.2.